The third-order valence-electron chi connectivity index (χ3n) is 1.65. The zero-order valence-corrected chi connectivity index (χ0v) is 8.40. The van der Waals surface area contributed by atoms with Gasteiger partial charge in [0.1, 0.15) is 13.1 Å². The summed E-state index contributed by atoms with van der Waals surface area (Å²) in [5.74, 6) is 0. The van der Waals surface area contributed by atoms with Crippen LogP contribution in [-0.2, 0) is 6.54 Å². The maximum absolute atomic E-state index is 9.01. The van der Waals surface area contributed by atoms with E-state index in [-0.39, 0.29) is 6.10 Å². The van der Waals surface area contributed by atoms with Crippen LogP contribution in [-0.4, -0.2) is 17.8 Å². The SMILES string of the molecule is Cc1ccc(C[NH2+]C[C@@H](C)O)s1. The van der Waals surface area contributed by atoms with Gasteiger partial charge in [-0.05, 0) is 26.0 Å². The van der Waals surface area contributed by atoms with Gasteiger partial charge < -0.3 is 10.4 Å². The summed E-state index contributed by atoms with van der Waals surface area (Å²) in [5, 5.41) is 11.1. The van der Waals surface area contributed by atoms with Gasteiger partial charge in [-0.15, -0.1) is 11.3 Å². The van der Waals surface area contributed by atoms with Crippen molar-refractivity contribution in [2.24, 2.45) is 0 Å². The largest absolute Gasteiger partial charge is 0.388 e. The average molecular weight is 186 g/mol. The molecule has 0 unspecified atom stereocenters. The Balaban J connectivity index is 2.24. The molecule has 1 heterocycles. The van der Waals surface area contributed by atoms with E-state index >= 15 is 0 Å². The van der Waals surface area contributed by atoms with Crippen molar-refractivity contribution < 1.29 is 10.4 Å². The minimum atomic E-state index is -0.203. The van der Waals surface area contributed by atoms with Crippen LogP contribution in [0.15, 0.2) is 12.1 Å². The van der Waals surface area contributed by atoms with E-state index in [1.165, 1.54) is 9.75 Å². The molecule has 1 aromatic rings. The molecular weight excluding hydrogens is 170 g/mol. The summed E-state index contributed by atoms with van der Waals surface area (Å²) in [6, 6.07) is 4.29. The molecule has 2 nitrogen and oxygen atoms in total. The Morgan fingerprint density at radius 1 is 1.58 bits per heavy atom. The molecule has 0 aliphatic rings. The van der Waals surface area contributed by atoms with Gasteiger partial charge in [-0.1, -0.05) is 0 Å². The van der Waals surface area contributed by atoms with Crippen LogP contribution in [0.25, 0.3) is 0 Å². The third kappa shape index (κ3) is 3.34. The highest BCUT2D eigenvalue weighted by Gasteiger charge is 2.00. The van der Waals surface area contributed by atoms with Crippen molar-refractivity contribution in [2.75, 3.05) is 6.54 Å². The van der Waals surface area contributed by atoms with Gasteiger partial charge in [0, 0.05) is 4.88 Å². The Morgan fingerprint density at radius 3 is 2.83 bits per heavy atom. The van der Waals surface area contributed by atoms with E-state index in [0.717, 1.165) is 13.1 Å². The van der Waals surface area contributed by atoms with E-state index in [2.05, 4.69) is 24.4 Å². The molecule has 1 aromatic heterocycles. The fraction of sp³-hybridized carbons (Fsp3) is 0.556. The van der Waals surface area contributed by atoms with Crippen molar-refractivity contribution in [1.29, 1.82) is 0 Å². The summed E-state index contributed by atoms with van der Waals surface area (Å²) in [6.07, 6.45) is -0.203. The van der Waals surface area contributed by atoms with Crippen molar-refractivity contribution in [2.45, 2.75) is 26.5 Å². The maximum atomic E-state index is 9.01. The predicted molar refractivity (Wildman–Crippen MR) is 51.2 cm³/mol. The topological polar surface area (TPSA) is 36.8 Å². The minimum Gasteiger partial charge on any atom is -0.388 e. The van der Waals surface area contributed by atoms with Crippen LogP contribution in [0, 0.1) is 6.92 Å². The molecule has 3 heteroatoms. The van der Waals surface area contributed by atoms with Gasteiger partial charge in [0.05, 0.1) is 11.0 Å². The quantitative estimate of drug-likeness (QED) is 0.706. The second-order valence-corrected chi connectivity index (χ2v) is 4.46. The minimum absolute atomic E-state index is 0.203. The van der Waals surface area contributed by atoms with Crippen LogP contribution in [0.2, 0.25) is 0 Å². The molecule has 0 fully saturated rings. The second-order valence-electron chi connectivity index (χ2n) is 3.09. The summed E-state index contributed by atoms with van der Waals surface area (Å²) in [4.78, 5) is 2.74. The fourth-order valence-electron chi connectivity index (χ4n) is 1.06. The summed E-state index contributed by atoms with van der Waals surface area (Å²) in [7, 11) is 0. The maximum Gasteiger partial charge on any atom is 0.111 e. The number of rotatable bonds is 4. The van der Waals surface area contributed by atoms with Gasteiger partial charge in [-0.3, -0.25) is 0 Å². The van der Waals surface area contributed by atoms with E-state index in [4.69, 9.17) is 5.11 Å². The molecule has 0 aliphatic carbocycles. The van der Waals surface area contributed by atoms with Crippen LogP contribution in [0.4, 0.5) is 0 Å². The number of thiophene rings is 1. The molecule has 3 N–H and O–H groups in total. The summed E-state index contributed by atoms with van der Waals surface area (Å²) in [5.41, 5.74) is 0. The predicted octanol–water partition coefficient (Wildman–Crippen LogP) is 0.501. The smallest absolute Gasteiger partial charge is 0.111 e. The Morgan fingerprint density at radius 2 is 2.33 bits per heavy atom. The van der Waals surface area contributed by atoms with Gasteiger partial charge in [-0.25, -0.2) is 0 Å². The van der Waals surface area contributed by atoms with Crippen LogP contribution in [0.1, 0.15) is 16.7 Å². The Bertz CT molecular complexity index is 232. The molecule has 1 rings (SSSR count). The van der Waals surface area contributed by atoms with E-state index in [9.17, 15) is 0 Å². The monoisotopic (exact) mass is 186 g/mol. The molecule has 12 heavy (non-hydrogen) atoms. The highest BCUT2D eigenvalue weighted by atomic mass is 32.1. The lowest BCUT2D eigenvalue weighted by atomic mass is 10.4. The first-order valence-corrected chi connectivity index (χ1v) is 5.05. The lowest BCUT2D eigenvalue weighted by molar-refractivity contribution is -0.675. The Kier molecular flexibility index (Phi) is 3.72. The van der Waals surface area contributed by atoms with Crippen molar-refractivity contribution >= 4 is 11.3 Å². The van der Waals surface area contributed by atoms with Crippen molar-refractivity contribution in [3.63, 3.8) is 0 Å². The fourth-order valence-corrected chi connectivity index (χ4v) is 1.95. The van der Waals surface area contributed by atoms with E-state index in [1.807, 2.05) is 18.3 Å². The molecule has 0 saturated carbocycles. The first kappa shape index (κ1) is 9.71. The number of hydrogen-bond donors (Lipinski definition) is 2. The number of aliphatic hydroxyl groups excluding tert-OH is 1. The molecule has 0 radical (unpaired) electrons. The van der Waals surface area contributed by atoms with Gasteiger partial charge in [0.15, 0.2) is 0 Å². The zero-order valence-electron chi connectivity index (χ0n) is 7.58. The normalized spacial score (nSPS) is 13.2. The third-order valence-corrected chi connectivity index (χ3v) is 2.67. The Hall–Kier alpha value is -0.380. The standard InChI is InChI=1S/C9H15NOS/c1-7(11)5-10-6-9-4-3-8(2)12-9/h3-4,7,10-11H,5-6H2,1-2H3/p+1/t7-/m1/s1. The van der Waals surface area contributed by atoms with E-state index in [0.29, 0.717) is 0 Å². The summed E-state index contributed by atoms with van der Waals surface area (Å²) in [6.45, 7) is 5.71. The number of aryl methyl sites for hydroxylation is 1. The lowest BCUT2D eigenvalue weighted by Crippen LogP contribution is -2.84. The van der Waals surface area contributed by atoms with Gasteiger partial charge >= 0.3 is 0 Å². The van der Waals surface area contributed by atoms with Crippen LogP contribution in [0.5, 0.6) is 0 Å². The number of nitrogens with two attached hydrogens (primary N) is 1. The molecule has 0 bridgehead atoms. The van der Waals surface area contributed by atoms with Crippen LogP contribution in [0.3, 0.4) is 0 Å². The highest BCUT2D eigenvalue weighted by molar-refractivity contribution is 7.11. The molecular formula is C9H16NOS+. The highest BCUT2D eigenvalue weighted by Crippen LogP contribution is 2.12. The van der Waals surface area contributed by atoms with Gasteiger partial charge in [0.2, 0.25) is 0 Å². The second kappa shape index (κ2) is 4.60. The summed E-state index contributed by atoms with van der Waals surface area (Å²) >= 11 is 1.83. The zero-order chi connectivity index (χ0) is 8.97. The molecule has 0 aromatic carbocycles. The first-order valence-electron chi connectivity index (χ1n) is 4.23. The van der Waals surface area contributed by atoms with Crippen molar-refractivity contribution in [1.82, 2.24) is 0 Å². The van der Waals surface area contributed by atoms with Crippen molar-refractivity contribution in [3.05, 3.63) is 21.9 Å². The van der Waals surface area contributed by atoms with Crippen LogP contribution < -0.4 is 5.32 Å². The van der Waals surface area contributed by atoms with Crippen LogP contribution >= 0.6 is 11.3 Å². The molecule has 0 spiro atoms. The molecule has 0 amide bonds. The summed E-state index contributed by atoms with van der Waals surface area (Å²) < 4.78 is 0. The number of aliphatic hydroxyl groups is 1. The van der Waals surface area contributed by atoms with Crippen molar-refractivity contribution in [3.8, 4) is 0 Å². The van der Waals surface area contributed by atoms with Gasteiger partial charge in [-0.2, -0.15) is 0 Å². The average Bonchev–Trinajstić information content (AvgIpc) is 2.35. The van der Waals surface area contributed by atoms with Gasteiger partial charge in [0.25, 0.3) is 0 Å². The molecule has 0 saturated heterocycles. The number of quaternary nitrogens is 1. The molecule has 68 valence electrons. The molecule has 0 aliphatic heterocycles. The number of hydrogen-bond acceptors (Lipinski definition) is 2. The first-order chi connectivity index (χ1) is 5.68. The van der Waals surface area contributed by atoms with E-state index < -0.39 is 0 Å². The van der Waals surface area contributed by atoms with E-state index in [1.54, 1.807) is 0 Å². The Labute approximate surface area is 77.2 Å². The lowest BCUT2D eigenvalue weighted by Gasteiger charge is -2.01. The molecule has 1 atom stereocenters.